The van der Waals surface area contributed by atoms with Gasteiger partial charge in [0.1, 0.15) is 0 Å². The van der Waals surface area contributed by atoms with Crippen LogP contribution in [-0.2, 0) is 0 Å². The summed E-state index contributed by atoms with van der Waals surface area (Å²) in [6, 6.07) is 4.93. The highest BCUT2D eigenvalue weighted by atomic mass is 35.5. The third-order valence-electron chi connectivity index (χ3n) is 2.07. The van der Waals surface area contributed by atoms with Gasteiger partial charge in [-0.25, -0.2) is 0 Å². The smallest absolute Gasteiger partial charge is 0.252 e. The van der Waals surface area contributed by atoms with Crippen LogP contribution in [0.4, 0.5) is 0 Å². The molecule has 16 heavy (non-hydrogen) atoms. The van der Waals surface area contributed by atoms with Crippen molar-refractivity contribution in [3.63, 3.8) is 0 Å². The summed E-state index contributed by atoms with van der Waals surface area (Å²) in [4.78, 5) is 11.7. The summed E-state index contributed by atoms with van der Waals surface area (Å²) in [5.74, 6) is -0.245. The molecule has 0 atom stereocenters. The third-order valence-corrected chi connectivity index (χ3v) is 2.89. The van der Waals surface area contributed by atoms with Gasteiger partial charge in [-0.15, -0.1) is 0 Å². The molecule has 5 heteroatoms. The van der Waals surface area contributed by atoms with Gasteiger partial charge in [0.25, 0.3) is 5.91 Å². The average Bonchev–Trinajstić information content (AvgIpc) is 2.28. The van der Waals surface area contributed by atoms with E-state index in [1.54, 1.807) is 18.2 Å². The number of hydrogen-bond acceptors (Lipinski definition) is 2. The molecule has 0 fully saturated rings. The first-order valence-corrected chi connectivity index (χ1v) is 5.75. The molecule has 0 aliphatic rings. The molecule has 0 bridgehead atoms. The van der Waals surface area contributed by atoms with Crippen LogP contribution in [0.1, 0.15) is 23.2 Å². The van der Waals surface area contributed by atoms with E-state index in [9.17, 15) is 4.79 Å². The quantitative estimate of drug-likeness (QED) is 0.801. The molecule has 0 heterocycles. The molecule has 1 amide bonds. The summed E-state index contributed by atoms with van der Waals surface area (Å²) in [6.45, 7) is 0.649. The van der Waals surface area contributed by atoms with Crippen molar-refractivity contribution in [1.29, 1.82) is 0 Å². The number of amides is 1. The summed E-state index contributed by atoms with van der Waals surface area (Å²) in [6.07, 6.45) is 1.41. The molecule has 1 aromatic carbocycles. The molecular formula is C11H13Cl2NO2. The number of hydrogen-bond donors (Lipinski definition) is 2. The Hall–Kier alpha value is -0.770. The van der Waals surface area contributed by atoms with Crippen molar-refractivity contribution < 1.29 is 9.90 Å². The van der Waals surface area contributed by atoms with E-state index in [-0.39, 0.29) is 17.5 Å². The van der Waals surface area contributed by atoms with Gasteiger partial charge in [-0.05, 0) is 25.0 Å². The number of halogens is 2. The van der Waals surface area contributed by atoms with Gasteiger partial charge in [-0.2, -0.15) is 0 Å². The Balaban J connectivity index is 2.56. The van der Waals surface area contributed by atoms with Crippen molar-refractivity contribution in [3.05, 3.63) is 33.8 Å². The average molecular weight is 262 g/mol. The highest BCUT2D eigenvalue weighted by Gasteiger charge is 2.11. The van der Waals surface area contributed by atoms with Crippen LogP contribution >= 0.6 is 23.2 Å². The minimum Gasteiger partial charge on any atom is -0.396 e. The number of aliphatic hydroxyl groups excluding tert-OH is 1. The van der Waals surface area contributed by atoms with Crippen LogP contribution in [0.15, 0.2) is 18.2 Å². The Kier molecular flexibility index (Phi) is 5.60. The molecule has 0 saturated heterocycles. The Morgan fingerprint density at radius 3 is 2.75 bits per heavy atom. The van der Waals surface area contributed by atoms with Crippen molar-refractivity contribution >= 4 is 29.1 Å². The monoisotopic (exact) mass is 261 g/mol. The predicted molar refractivity (Wildman–Crippen MR) is 65.1 cm³/mol. The lowest BCUT2D eigenvalue weighted by Gasteiger charge is -2.06. The Bertz CT molecular complexity index is 369. The number of carbonyl (C=O) groups excluding carboxylic acids is 1. The second kappa shape index (κ2) is 6.74. The van der Waals surface area contributed by atoms with Gasteiger partial charge in [-0.3, -0.25) is 4.79 Å². The van der Waals surface area contributed by atoms with Crippen LogP contribution in [-0.4, -0.2) is 24.2 Å². The Morgan fingerprint density at radius 2 is 2.06 bits per heavy atom. The fourth-order valence-corrected chi connectivity index (χ4v) is 1.60. The van der Waals surface area contributed by atoms with Crippen LogP contribution in [0, 0.1) is 0 Å². The molecule has 0 radical (unpaired) electrons. The zero-order chi connectivity index (χ0) is 12.0. The van der Waals surface area contributed by atoms with E-state index in [1.807, 2.05) is 0 Å². The van der Waals surface area contributed by atoms with Crippen molar-refractivity contribution in [1.82, 2.24) is 5.32 Å². The van der Waals surface area contributed by atoms with Crippen molar-refractivity contribution in [2.45, 2.75) is 12.8 Å². The first kappa shape index (κ1) is 13.3. The summed E-state index contributed by atoms with van der Waals surface area (Å²) in [7, 11) is 0. The van der Waals surface area contributed by atoms with Crippen LogP contribution in [0.5, 0.6) is 0 Å². The summed E-state index contributed by atoms with van der Waals surface area (Å²) in [5, 5.41) is 11.9. The van der Waals surface area contributed by atoms with E-state index >= 15 is 0 Å². The molecule has 88 valence electrons. The second-order valence-electron chi connectivity index (χ2n) is 3.29. The van der Waals surface area contributed by atoms with Crippen molar-refractivity contribution in [3.8, 4) is 0 Å². The largest absolute Gasteiger partial charge is 0.396 e. The van der Waals surface area contributed by atoms with Crippen molar-refractivity contribution in [2.75, 3.05) is 13.2 Å². The molecule has 0 aliphatic heterocycles. The third kappa shape index (κ3) is 3.67. The molecule has 0 unspecified atom stereocenters. The number of nitrogens with one attached hydrogen (secondary N) is 1. The molecule has 0 aromatic heterocycles. The first-order valence-electron chi connectivity index (χ1n) is 5.00. The number of benzene rings is 1. The fourth-order valence-electron chi connectivity index (χ4n) is 1.21. The normalized spacial score (nSPS) is 10.2. The minimum atomic E-state index is -0.245. The molecule has 3 nitrogen and oxygen atoms in total. The zero-order valence-electron chi connectivity index (χ0n) is 8.67. The molecule has 0 aliphatic carbocycles. The molecule has 1 aromatic rings. The Labute approximate surface area is 104 Å². The van der Waals surface area contributed by atoms with Crippen LogP contribution < -0.4 is 5.32 Å². The summed E-state index contributed by atoms with van der Waals surface area (Å²) >= 11 is 11.7. The van der Waals surface area contributed by atoms with E-state index < -0.39 is 0 Å². The van der Waals surface area contributed by atoms with Gasteiger partial charge >= 0.3 is 0 Å². The zero-order valence-corrected chi connectivity index (χ0v) is 10.2. The van der Waals surface area contributed by atoms with Gasteiger partial charge in [0, 0.05) is 13.2 Å². The standard InChI is InChI=1S/C11H13Cl2NO2/c12-9-5-3-4-8(10(9)13)11(16)14-6-1-2-7-15/h3-5,15H,1-2,6-7H2,(H,14,16). The summed E-state index contributed by atoms with van der Waals surface area (Å²) < 4.78 is 0. The van der Waals surface area contributed by atoms with Gasteiger partial charge in [0.15, 0.2) is 0 Å². The number of rotatable bonds is 5. The molecule has 0 spiro atoms. The molecule has 2 N–H and O–H groups in total. The lowest BCUT2D eigenvalue weighted by molar-refractivity contribution is 0.0952. The molecule has 1 rings (SSSR count). The predicted octanol–water partition coefficient (Wildman–Crippen LogP) is 2.50. The van der Waals surface area contributed by atoms with E-state index in [0.717, 1.165) is 6.42 Å². The van der Waals surface area contributed by atoms with E-state index in [0.29, 0.717) is 23.6 Å². The maximum absolute atomic E-state index is 11.7. The lowest BCUT2D eigenvalue weighted by atomic mass is 10.2. The fraction of sp³-hybridized carbons (Fsp3) is 0.364. The highest BCUT2D eigenvalue weighted by molar-refractivity contribution is 6.43. The van der Waals surface area contributed by atoms with Gasteiger partial charge in [0.2, 0.25) is 0 Å². The highest BCUT2D eigenvalue weighted by Crippen LogP contribution is 2.25. The van der Waals surface area contributed by atoms with Gasteiger partial charge in [0.05, 0.1) is 15.6 Å². The minimum absolute atomic E-state index is 0.133. The first-order chi connectivity index (χ1) is 7.66. The SMILES string of the molecule is O=C(NCCCCO)c1cccc(Cl)c1Cl. The van der Waals surface area contributed by atoms with Crippen molar-refractivity contribution in [2.24, 2.45) is 0 Å². The van der Waals surface area contributed by atoms with Crippen LogP contribution in [0.25, 0.3) is 0 Å². The van der Waals surface area contributed by atoms with Crippen LogP contribution in [0.3, 0.4) is 0 Å². The van der Waals surface area contributed by atoms with E-state index in [2.05, 4.69) is 5.32 Å². The molecular weight excluding hydrogens is 249 g/mol. The van der Waals surface area contributed by atoms with E-state index in [1.165, 1.54) is 0 Å². The Morgan fingerprint density at radius 1 is 1.31 bits per heavy atom. The van der Waals surface area contributed by atoms with Crippen LogP contribution in [0.2, 0.25) is 10.0 Å². The van der Waals surface area contributed by atoms with E-state index in [4.69, 9.17) is 28.3 Å². The summed E-state index contributed by atoms with van der Waals surface area (Å²) in [5.41, 5.74) is 0.373. The maximum atomic E-state index is 11.7. The second-order valence-corrected chi connectivity index (χ2v) is 4.07. The van der Waals surface area contributed by atoms with Gasteiger partial charge in [-0.1, -0.05) is 29.3 Å². The number of carbonyl (C=O) groups is 1. The topological polar surface area (TPSA) is 49.3 Å². The number of unbranched alkanes of at least 4 members (excludes halogenated alkanes) is 1. The molecule has 0 saturated carbocycles. The van der Waals surface area contributed by atoms with Gasteiger partial charge < -0.3 is 10.4 Å². The number of aliphatic hydroxyl groups is 1. The lowest BCUT2D eigenvalue weighted by Crippen LogP contribution is -2.24. The maximum Gasteiger partial charge on any atom is 0.252 e.